The standard InChI is InChI=1S/C23H31N5O2S/c1-17-14-25-23(31-16-20-7-3-4-8-24-20)26-21(17)19-6-5-9-28(15-19)22(29)18(2)27-10-12-30-13-11-27/h3-4,7-8,14,18-19H,5-6,9-13,15-16H2,1-2H3. The first-order valence-electron chi connectivity index (χ1n) is 11.1. The molecule has 1 amide bonds. The maximum atomic E-state index is 13.2. The van der Waals surface area contributed by atoms with E-state index in [4.69, 9.17) is 9.72 Å². The third-order valence-electron chi connectivity index (χ3n) is 6.13. The molecule has 2 unspecified atom stereocenters. The molecule has 0 aliphatic carbocycles. The number of thioether (sulfide) groups is 1. The molecule has 166 valence electrons. The lowest BCUT2D eigenvalue weighted by Gasteiger charge is -2.38. The van der Waals surface area contributed by atoms with Crippen LogP contribution in [0.4, 0.5) is 0 Å². The molecule has 2 aromatic rings. The lowest BCUT2D eigenvalue weighted by atomic mass is 9.92. The largest absolute Gasteiger partial charge is 0.379 e. The molecule has 2 aliphatic rings. The summed E-state index contributed by atoms with van der Waals surface area (Å²) in [7, 11) is 0. The van der Waals surface area contributed by atoms with Crippen molar-refractivity contribution in [3.63, 3.8) is 0 Å². The highest BCUT2D eigenvalue weighted by Gasteiger charge is 2.32. The lowest BCUT2D eigenvalue weighted by molar-refractivity contribution is -0.139. The highest BCUT2D eigenvalue weighted by molar-refractivity contribution is 7.98. The SMILES string of the molecule is Cc1cnc(SCc2ccccn2)nc1C1CCCN(C(=O)C(C)N2CCOCC2)C1. The van der Waals surface area contributed by atoms with Crippen LogP contribution >= 0.6 is 11.8 Å². The maximum Gasteiger partial charge on any atom is 0.239 e. The first kappa shape index (κ1) is 22.2. The average Bonchev–Trinajstić information content (AvgIpc) is 2.84. The van der Waals surface area contributed by atoms with E-state index in [1.165, 1.54) is 0 Å². The van der Waals surface area contributed by atoms with Crippen molar-refractivity contribution in [2.75, 3.05) is 39.4 Å². The fraction of sp³-hybridized carbons (Fsp3) is 0.565. The van der Waals surface area contributed by atoms with Crippen molar-refractivity contribution in [2.45, 2.75) is 49.6 Å². The Morgan fingerprint density at radius 2 is 2.10 bits per heavy atom. The Kier molecular flexibility index (Phi) is 7.53. The Morgan fingerprint density at radius 3 is 2.87 bits per heavy atom. The number of hydrogen-bond acceptors (Lipinski definition) is 7. The molecule has 0 aromatic carbocycles. The molecule has 8 heteroatoms. The number of rotatable bonds is 6. The monoisotopic (exact) mass is 441 g/mol. The van der Waals surface area contributed by atoms with E-state index < -0.39 is 0 Å². The number of aryl methyl sites for hydroxylation is 1. The first-order chi connectivity index (χ1) is 15.1. The minimum atomic E-state index is -0.0985. The maximum absolute atomic E-state index is 13.2. The van der Waals surface area contributed by atoms with Crippen molar-refractivity contribution >= 4 is 17.7 Å². The number of piperidine rings is 1. The summed E-state index contributed by atoms with van der Waals surface area (Å²) in [6.07, 6.45) is 5.78. The van der Waals surface area contributed by atoms with E-state index in [2.05, 4.69) is 21.8 Å². The second-order valence-corrected chi connectivity index (χ2v) is 9.22. The van der Waals surface area contributed by atoms with Crippen molar-refractivity contribution in [1.29, 1.82) is 0 Å². The highest BCUT2D eigenvalue weighted by atomic mass is 32.2. The lowest BCUT2D eigenvalue weighted by Crippen LogP contribution is -2.52. The van der Waals surface area contributed by atoms with Crippen LogP contribution in [-0.2, 0) is 15.3 Å². The molecule has 2 aromatic heterocycles. The summed E-state index contributed by atoms with van der Waals surface area (Å²) < 4.78 is 5.44. The van der Waals surface area contributed by atoms with Crippen molar-refractivity contribution in [3.8, 4) is 0 Å². The molecule has 0 bridgehead atoms. The van der Waals surface area contributed by atoms with Crippen LogP contribution in [0.3, 0.4) is 0 Å². The van der Waals surface area contributed by atoms with Crippen LogP contribution in [0.1, 0.15) is 42.6 Å². The Morgan fingerprint density at radius 1 is 1.26 bits per heavy atom. The van der Waals surface area contributed by atoms with Crippen LogP contribution < -0.4 is 0 Å². The van der Waals surface area contributed by atoms with Crippen molar-refractivity contribution < 1.29 is 9.53 Å². The van der Waals surface area contributed by atoms with Crippen molar-refractivity contribution in [1.82, 2.24) is 24.8 Å². The van der Waals surface area contributed by atoms with Gasteiger partial charge in [0.15, 0.2) is 5.16 Å². The van der Waals surface area contributed by atoms with E-state index in [0.717, 1.165) is 66.9 Å². The molecule has 0 radical (unpaired) electrons. The predicted octanol–water partition coefficient (Wildman–Crippen LogP) is 2.90. The van der Waals surface area contributed by atoms with Gasteiger partial charge in [-0.05, 0) is 44.4 Å². The predicted molar refractivity (Wildman–Crippen MR) is 121 cm³/mol. The third kappa shape index (κ3) is 5.61. The molecule has 4 rings (SSSR count). The zero-order chi connectivity index (χ0) is 21.6. The van der Waals surface area contributed by atoms with Gasteiger partial charge in [0.2, 0.25) is 5.91 Å². The average molecular weight is 442 g/mol. The Hall–Kier alpha value is -2.03. The Labute approximate surface area is 188 Å². The summed E-state index contributed by atoms with van der Waals surface area (Å²) in [5.41, 5.74) is 3.20. The van der Waals surface area contributed by atoms with Gasteiger partial charge in [0.1, 0.15) is 0 Å². The number of carbonyl (C=O) groups is 1. The molecule has 2 aliphatic heterocycles. The normalized spacial score (nSPS) is 21.1. The number of likely N-dealkylation sites (tertiary alicyclic amines) is 1. The number of carbonyl (C=O) groups excluding carboxylic acids is 1. The summed E-state index contributed by atoms with van der Waals surface area (Å²) in [5, 5.41) is 0.774. The van der Waals surface area contributed by atoms with E-state index in [1.54, 1.807) is 11.8 Å². The van der Waals surface area contributed by atoms with Gasteiger partial charge in [-0.25, -0.2) is 9.97 Å². The molecule has 2 saturated heterocycles. The van der Waals surface area contributed by atoms with Crippen molar-refractivity contribution in [3.05, 3.63) is 47.5 Å². The Balaban J connectivity index is 1.41. The van der Waals surface area contributed by atoms with E-state index in [9.17, 15) is 4.79 Å². The summed E-state index contributed by atoms with van der Waals surface area (Å²) in [5.74, 6) is 1.23. The van der Waals surface area contributed by atoms with E-state index in [-0.39, 0.29) is 17.9 Å². The molecule has 0 N–H and O–H groups in total. The van der Waals surface area contributed by atoms with Gasteiger partial charge in [-0.15, -0.1) is 0 Å². The van der Waals surface area contributed by atoms with Crippen LogP contribution in [-0.4, -0.2) is 76.1 Å². The number of amides is 1. The number of aromatic nitrogens is 3. The summed E-state index contributed by atoms with van der Waals surface area (Å²) in [6, 6.07) is 5.83. The molecule has 31 heavy (non-hydrogen) atoms. The number of pyridine rings is 1. The van der Waals surface area contributed by atoms with E-state index in [1.807, 2.05) is 42.4 Å². The zero-order valence-electron chi connectivity index (χ0n) is 18.4. The molecular weight excluding hydrogens is 410 g/mol. The van der Waals surface area contributed by atoms with Crippen LogP contribution in [0.2, 0.25) is 0 Å². The zero-order valence-corrected chi connectivity index (χ0v) is 19.2. The van der Waals surface area contributed by atoms with Gasteiger partial charge in [0, 0.05) is 50.2 Å². The van der Waals surface area contributed by atoms with Crippen LogP contribution in [0.25, 0.3) is 0 Å². The second kappa shape index (κ2) is 10.5. The van der Waals surface area contributed by atoms with Crippen LogP contribution in [0.5, 0.6) is 0 Å². The summed E-state index contributed by atoms with van der Waals surface area (Å²) in [6.45, 7) is 8.72. The quantitative estimate of drug-likeness (QED) is 0.504. The van der Waals surface area contributed by atoms with Crippen molar-refractivity contribution in [2.24, 2.45) is 0 Å². The molecule has 4 heterocycles. The number of hydrogen-bond donors (Lipinski definition) is 0. The van der Waals surface area contributed by atoms with Gasteiger partial charge in [-0.3, -0.25) is 14.7 Å². The molecular formula is C23H31N5O2S. The van der Waals surface area contributed by atoms with E-state index in [0.29, 0.717) is 13.2 Å². The molecule has 2 atom stereocenters. The molecule has 2 fully saturated rings. The van der Waals surface area contributed by atoms with Gasteiger partial charge < -0.3 is 9.64 Å². The van der Waals surface area contributed by atoms with Crippen LogP contribution in [0, 0.1) is 6.92 Å². The van der Waals surface area contributed by atoms with Gasteiger partial charge in [0.25, 0.3) is 0 Å². The van der Waals surface area contributed by atoms with Gasteiger partial charge in [-0.1, -0.05) is 17.8 Å². The number of nitrogens with zero attached hydrogens (tertiary/aromatic N) is 5. The molecule has 0 saturated carbocycles. The number of morpholine rings is 1. The van der Waals surface area contributed by atoms with Gasteiger partial charge in [0.05, 0.1) is 30.6 Å². The third-order valence-corrected chi connectivity index (χ3v) is 7.03. The fourth-order valence-electron chi connectivity index (χ4n) is 4.33. The minimum absolute atomic E-state index is 0.0985. The van der Waals surface area contributed by atoms with Gasteiger partial charge in [-0.2, -0.15) is 0 Å². The molecule has 0 spiro atoms. The summed E-state index contributed by atoms with van der Waals surface area (Å²) >= 11 is 1.61. The second-order valence-electron chi connectivity index (χ2n) is 8.28. The first-order valence-corrected chi connectivity index (χ1v) is 12.1. The minimum Gasteiger partial charge on any atom is -0.379 e. The fourth-order valence-corrected chi connectivity index (χ4v) is 5.07. The van der Waals surface area contributed by atoms with Crippen LogP contribution in [0.15, 0.2) is 35.7 Å². The summed E-state index contributed by atoms with van der Waals surface area (Å²) in [4.78, 5) is 31.2. The van der Waals surface area contributed by atoms with E-state index >= 15 is 0 Å². The van der Waals surface area contributed by atoms with Gasteiger partial charge >= 0.3 is 0 Å². The smallest absolute Gasteiger partial charge is 0.239 e. The Bertz CT molecular complexity index is 876. The molecule has 7 nitrogen and oxygen atoms in total. The highest BCUT2D eigenvalue weighted by Crippen LogP contribution is 2.30. The number of ether oxygens (including phenoxy) is 1. The topological polar surface area (TPSA) is 71.5 Å².